The van der Waals surface area contributed by atoms with Crippen LogP contribution in [0.4, 0.5) is 0 Å². The van der Waals surface area contributed by atoms with E-state index in [0.717, 1.165) is 57.7 Å². The molecule has 1 aromatic heterocycles. The van der Waals surface area contributed by atoms with Gasteiger partial charge in [0, 0.05) is 44.3 Å². The Bertz CT molecular complexity index is 765. The highest BCUT2D eigenvalue weighted by Crippen LogP contribution is 2.26. The molecule has 1 N–H and O–H groups in total. The first-order valence-corrected chi connectivity index (χ1v) is 9.38. The number of aromatic amines is 1. The number of H-pyrrole nitrogens is 1. The number of amides is 1. The van der Waals surface area contributed by atoms with E-state index < -0.39 is 0 Å². The molecule has 6 heteroatoms. The third kappa shape index (κ3) is 3.60. The lowest BCUT2D eigenvalue weighted by Gasteiger charge is -2.37. The number of piperazine rings is 1. The Balaban J connectivity index is 1.30. The maximum Gasteiger partial charge on any atom is 0.226 e. The smallest absolute Gasteiger partial charge is 0.226 e. The number of methoxy groups -OCH3 is 1. The molecule has 1 aliphatic heterocycles. The van der Waals surface area contributed by atoms with E-state index in [1.165, 1.54) is 16.8 Å². The number of nitrogens with zero attached hydrogens (tertiary/aromatic N) is 3. The van der Waals surface area contributed by atoms with Crippen molar-refractivity contribution in [3.63, 3.8) is 0 Å². The van der Waals surface area contributed by atoms with Crippen LogP contribution >= 0.6 is 0 Å². The molecule has 26 heavy (non-hydrogen) atoms. The summed E-state index contributed by atoms with van der Waals surface area (Å²) in [7, 11) is 1.70. The molecule has 2 aliphatic rings. The number of nitrogens with one attached hydrogen (secondary N) is 1. The van der Waals surface area contributed by atoms with Crippen molar-refractivity contribution in [1.82, 2.24) is 20.0 Å². The molecule has 2 aromatic rings. The molecule has 4 rings (SSSR count). The molecule has 1 aromatic carbocycles. The first kappa shape index (κ1) is 17.1. The predicted molar refractivity (Wildman–Crippen MR) is 99.0 cm³/mol. The molecule has 1 aliphatic carbocycles. The third-order valence-electron chi connectivity index (χ3n) is 5.59. The average Bonchev–Trinajstić information content (AvgIpc) is 3.16. The van der Waals surface area contributed by atoms with Crippen LogP contribution in [0.3, 0.4) is 0 Å². The normalized spacial score (nSPS) is 20.7. The maximum absolute atomic E-state index is 12.9. The average molecular weight is 354 g/mol. The lowest BCUT2D eigenvalue weighted by atomic mass is 9.87. The Hall–Kier alpha value is -2.34. The lowest BCUT2D eigenvalue weighted by Crippen LogP contribution is -2.50. The topological polar surface area (TPSA) is 61.5 Å². The van der Waals surface area contributed by atoms with Crippen molar-refractivity contribution in [2.75, 3.05) is 33.3 Å². The molecule has 6 nitrogen and oxygen atoms in total. The first-order chi connectivity index (χ1) is 12.7. The van der Waals surface area contributed by atoms with Crippen molar-refractivity contribution in [2.24, 2.45) is 5.92 Å². The summed E-state index contributed by atoms with van der Waals surface area (Å²) in [4.78, 5) is 17.4. The van der Waals surface area contributed by atoms with Crippen molar-refractivity contribution in [3.05, 3.63) is 47.3 Å². The van der Waals surface area contributed by atoms with E-state index in [1.54, 1.807) is 7.11 Å². The van der Waals surface area contributed by atoms with Gasteiger partial charge in [-0.1, -0.05) is 12.1 Å². The van der Waals surface area contributed by atoms with Crippen LogP contribution in [0.15, 0.2) is 30.5 Å². The van der Waals surface area contributed by atoms with Crippen LogP contribution in [0.25, 0.3) is 0 Å². The molecule has 0 bridgehead atoms. The molecule has 138 valence electrons. The number of hydrogen-bond acceptors (Lipinski definition) is 4. The van der Waals surface area contributed by atoms with Gasteiger partial charge in [0.2, 0.25) is 5.91 Å². The van der Waals surface area contributed by atoms with E-state index in [9.17, 15) is 4.79 Å². The van der Waals surface area contributed by atoms with Gasteiger partial charge in [-0.05, 0) is 42.5 Å². The van der Waals surface area contributed by atoms with Gasteiger partial charge in [-0.15, -0.1) is 0 Å². The summed E-state index contributed by atoms with van der Waals surface area (Å²) in [6.45, 7) is 4.38. The maximum atomic E-state index is 12.9. The quantitative estimate of drug-likeness (QED) is 0.911. The van der Waals surface area contributed by atoms with Crippen molar-refractivity contribution in [1.29, 1.82) is 0 Å². The largest absolute Gasteiger partial charge is 0.497 e. The summed E-state index contributed by atoms with van der Waals surface area (Å²) in [5.74, 6) is 1.33. The standard InChI is InChI=1S/C20H26N4O2/c1-26-18-4-2-3-15(11-18)14-23-7-9-24(10-8-23)20(25)16-5-6-19-17(12-16)13-21-22-19/h2-4,11,13,16H,5-10,12,14H2,1H3,(H,21,22). The van der Waals surface area contributed by atoms with Crippen molar-refractivity contribution >= 4 is 5.91 Å². The second-order valence-electron chi connectivity index (χ2n) is 7.27. The summed E-state index contributed by atoms with van der Waals surface area (Å²) in [6, 6.07) is 8.21. The lowest BCUT2D eigenvalue weighted by molar-refractivity contribution is -0.137. The molecule has 0 saturated carbocycles. The number of fused-ring (bicyclic) bond motifs is 1. The molecule has 1 amide bonds. The fourth-order valence-electron chi connectivity index (χ4n) is 4.04. The number of hydrogen-bond donors (Lipinski definition) is 1. The number of aromatic nitrogens is 2. The zero-order valence-electron chi connectivity index (χ0n) is 15.3. The number of carbonyl (C=O) groups is 1. The van der Waals surface area contributed by atoms with E-state index in [0.29, 0.717) is 5.91 Å². The van der Waals surface area contributed by atoms with Crippen molar-refractivity contribution < 1.29 is 9.53 Å². The monoisotopic (exact) mass is 354 g/mol. The van der Waals surface area contributed by atoms with Crippen LogP contribution in [0, 0.1) is 5.92 Å². The summed E-state index contributed by atoms with van der Waals surface area (Å²) in [6.07, 6.45) is 4.56. The van der Waals surface area contributed by atoms with Crippen LogP contribution < -0.4 is 4.74 Å². The SMILES string of the molecule is COc1cccc(CN2CCN(C(=O)C3CCc4[nH]ncc4C3)CC2)c1. The van der Waals surface area contributed by atoms with Gasteiger partial charge in [0.1, 0.15) is 5.75 Å². The second-order valence-corrected chi connectivity index (χ2v) is 7.27. The van der Waals surface area contributed by atoms with Gasteiger partial charge in [-0.3, -0.25) is 14.8 Å². The zero-order valence-corrected chi connectivity index (χ0v) is 15.3. The van der Waals surface area contributed by atoms with Crippen LogP contribution in [0.2, 0.25) is 0 Å². The zero-order chi connectivity index (χ0) is 17.9. The Morgan fingerprint density at radius 3 is 2.96 bits per heavy atom. The van der Waals surface area contributed by atoms with Gasteiger partial charge in [0.25, 0.3) is 0 Å². The van der Waals surface area contributed by atoms with Crippen LogP contribution in [0.1, 0.15) is 23.2 Å². The number of aryl methyl sites for hydroxylation is 1. The molecule has 1 atom stereocenters. The summed E-state index contributed by atoms with van der Waals surface area (Å²) < 4.78 is 5.30. The highest BCUT2D eigenvalue weighted by molar-refractivity contribution is 5.79. The molecule has 2 heterocycles. The van der Waals surface area contributed by atoms with Gasteiger partial charge in [0.15, 0.2) is 0 Å². The number of rotatable bonds is 4. The van der Waals surface area contributed by atoms with Crippen molar-refractivity contribution in [3.8, 4) is 5.75 Å². The Kier molecular flexibility index (Phi) is 4.93. The third-order valence-corrected chi connectivity index (χ3v) is 5.59. The Morgan fingerprint density at radius 1 is 1.31 bits per heavy atom. The Labute approximate surface area is 154 Å². The highest BCUT2D eigenvalue weighted by atomic mass is 16.5. The predicted octanol–water partition coefficient (Wildman–Crippen LogP) is 1.87. The van der Waals surface area contributed by atoms with Crippen LogP contribution in [-0.4, -0.2) is 59.2 Å². The van der Waals surface area contributed by atoms with Crippen LogP contribution in [0.5, 0.6) is 5.75 Å². The van der Waals surface area contributed by atoms with E-state index in [2.05, 4.69) is 32.1 Å². The minimum Gasteiger partial charge on any atom is -0.497 e. The fourth-order valence-corrected chi connectivity index (χ4v) is 4.04. The first-order valence-electron chi connectivity index (χ1n) is 9.38. The molecular formula is C20H26N4O2. The molecule has 1 fully saturated rings. The van der Waals surface area contributed by atoms with Crippen molar-refractivity contribution in [2.45, 2.75) is 25.8 Å². The molecule has 0 radical (unpaired) electrons. The minimum atomic E-state index is 0.116. The number of carbonyl (C=O) groups excluding carboxylic acids is 1. The minimum absolute atomic E-state index is 0.116. The second kappa shape index (κ2) is 7.50. The molecular weight excluding hydrogens is 328 g/mol. The summed E-state index contributed by atoms with van der Waals surface area (Å²) in [5.41, 5.74) is 3.67. The molecule has 0 spiro atoms. The van der Waals surface area contributed by atoms with E-state index in [-0.39, 0.29) is 5.92 Å². The van der Waals surface area contributed by atoms with Gasteiger partial charge >= 0.3 is 0 Å². The van der Waals surface area contributed by atoms with E-state index in [4.69, 9.17) is 4.74 Å². The van der Waals surface area contributed by atoms with E-state index >= 15 is 0 Å². The highest BCUT2D eigenvalue weighted by Gasteiger charge is 2.30. The fraction of sp³-hybridized carbons (Fsp3) is 0.500. The Morgan fingerprint density at radius 2 is 2.15 bits per heavy atom. The van der Waals surface area contributed by atoms with Gasteiger partial charge < -0.3 is 9.64 Å². The van der Waals surface area contributed by atoms with Gasteiger partial charge in [-0.2, -0.15) is 5.10 Å². The van der Waals surface area contributed by atoms with Crippen LogP contribution in [-0.2, 0) is 24.2 Å². The van der Waals surface area contributed by atoms with E-state index in [1.807, 2.05) is 18.3 Å². The molecule has 1 saturated heterocycles. The molecule has 1 unspecified atom stereocenters. The summed E-state index contributed by atoms with van der Waals surface area (Å²) in [5, 5.41) is 7.15. The van der Waals surface area contributed by atoms with Gasteiger partial charge in [-0.25, -0.2) is 0 Å². The summed E-state index contributed by atoms with van der Waals surface area (Å²) >= 11 is 0. The van der Waals surface area contributed by atoms with Gasteiger partial charge in [0.05, 0.1) is 13.3 Å². The number of ether oxygens (including phenoxy) is 1. The number of benzene rings is 1.